The Morgan fingerprint density at radius 1 is 1.22 bits per heavy atom. The molecule has 2 unspecified atom stereocenters. The van der Waals surface area contributed by atoms with Crippen LogP contribution in [0.25, 0.3) is 0 Å². The first kappa shape index (κ1) is 15.0. The minimum absolute atomic E-state index is 0.0278. The standard InChI is InChI=1S/C12H17F2NO2S/c1-8(15-3)6-9(2)18(16,17)10-4-5-11(13)12(14)7-10/h4-5,7-9,15H,6H2,1-3H3. The largest absolute Gasteiger partial charge is 0.317 e. The number of hydrogen-bond donors (Lipinski definition) is 1. The molecule has 18 heavy (non-hydrogen) atoms. The van der Waals surface area contributed by atoms with Crippen LogP contribution in [-0.2, 0) is 9.84 Å². The van der Waals surface area contributed by atoms with Crippen LogP contribution in [0.5, 0.6) is 0 Å². The van der Waals surface area contributed by atoms with E-state index in [4.69, 9.17) is 0 Å². The van der Waals surface area contributed by atoms with E-state index in [2.05, 4.69) is 5.32 Å². The molecule has 0 aliphatic rings. The molecule has 1 N–H and O–H groups in total. The van der Waals surface area contributed by atoms with E-state index in [1.807, 2.05) is 6.92 Å². The Morgan fingerprint density at radius 2 is 1.83 bits per heavy atom. The fourth-order valence-electron chi connectivity index (χ4n) is 1.63. The minimum atomic E-state index is -3.63. The molecule has 2 atom stereocenters. The van der Waals surface area contributed by atoms with Crippen LogP contribution < -0.4 is 5.32 Å². The van der Waals surface area contributed by atoms with E-state index in [-0.39, 0.29) is 10.9 Å². The number of rotatable bonds is 5. The molecule has 1 aromatic carbocycles. The molecule has 1 rings (SSSR count). The monoisotopic (exact) mass is 277 g/mol. The number of nitrogens with one attached hydrogen (secondary N) is 1. The SMILES string of the molecule is CNC(C)CC(C)S(=O)(=O)c1ccc(F)c(F)c1. The average Bonchev–Trinajstić information content (AvgIpc) is 2.32. The van der Waals surface area contributed by atoms with Crippen molar-refractivity contribution < 1.29 is 17.2 Å². The lowest BCUT2D eigenvalue weighted by atomic mass is 10.2. The summed E-state index contributed by atoms with van der Waals surface area (Å²) in [5.41, 5.74) is 0. The molecule has 0 bridgehead atoms. The van der Waals surface area contributed by atoms with Gasteiger partial charge in [0.1, 0.15) is 0 Å². The number of halogens is 2. The van der Waals surface area contributed by atoms with Gasteiger partial charge >= 0.3 is 0 Å². The minimum Gasteiger partial charge on any atom is -0.317 e. The van der Waals surface area contributed by atoms with Gasteiger partial charge in [-0.1, -0.05) is 0 Å². The summed E-state index contributed by atoms with van der Waals surface area (Å²) in [6.45, 7) is 3.42. The highest BCUT2D eigenvalue weighted by Gasteiger charge is 2.25. The third kappa shape index (κ3) is 3.26. The van der Waals surface area contributed by atoms with E-state index in [1.54, 1.807) is 14.0 Å². The van der Waals surface area contributed by atoms with Gasteiger partial charge in [-0.2, -0.15) is 0 Å². The van der Waals surface area contributed by atoms with E-state index in [1.165, 1.54) is 0 Å². The lowest BCUT2D eigenvalue weighted by Gasteiger charge is -2.17. The predicted molar refractivity (Wildman–Crippen MR) is 66.1 cm³/mol. The van der Waals surface area contributed by atoms with Crippen molar-refractivity contribution in [3.05, 3.63) is 29.8 Å². The van der Waals surface area contributed by atoms with Crippen LogP contribution in [0.1, 0.15) is 20.3 Å². The summed E-state index contributed by atoms with van der Waals surface area (Å²) >= 11 is 0. The van der Waals surface area contributed by atoms with Crippen LogP contribution in [0.3, 0.4) is 0 Å². The second-order valence-corrected chi connectivity index (χ2v) is 6.72. The van der Waals surface area contributed by atoms with E-state index in [0.717, 1.165) is 18.2 Å². The van der Waals surface area contributed by atoms with Crippen LogP contribution in [0.4, 0.5) is 8.78 Å². The molecule has 0 aliphatic carbocycles. The molecular formula is C12H17F2NO2S. The summed E-state index contributed by atoms with van der Waals surface area (Å²) < 4.78 is 50.1. The molecule has 0 aliphatic heterocycles. The van der Waals surface area contributed by atoms with Gasteiger partial charge in [-0.15, -0.1) is 0 Å². The van der Waals surface area contributed by atoms with Gasteiger partial charge in [0.2, 0.25) is 0 Å². The zero-order valence-corrected chi connectivity index (χ0v) is 11.4. The van der Waals surface area contributed by atoms with Gasteiger partial charge < -0.3 is 5.32 Å². The van der Waals surface area contributed by atoms with E-state index in [0.29, 0.717) is 6.42 Å². The lowest BCUT2D eigenvalue weighted by Crippen LogP contribution is -2.29. The number of sulfone groups is 1. The van der Waals surface area contributed by atoms with Crippen molar-refractivity contribution in [1.29, 1.82) is 0 Å². The van der Waals surface area contributed by atoms with Crippen LogP contribution in [0.15, 0.2) is 23.1 Å². The zero-order chi connectivity index (χ0) is 13.9. The van der Waals surface area contributed by atoms with Crippen molar-refractivity contribution in [2.75, 3.05) is 7.05 Å². The maximum atomic E-state index is 13.0. The second kappa shape index (κ2) is 5.75. The van der Waals surface area contributed by atoms with Crippen LogP contribution in [0, 0.1) is 11.6 Å². The first-order valence-corrected chi connectivity index (χ1v) is 7.20. The summed E-state index contributed by atoms with van der Waals surface area (Å²) in [6.07, 6.45) is 0.401. The highest BCUT2D eigenvalue weighted by molar-refractivity contribution is 7.92. The van der Waals surface area contributed by atoms with Crippen LogP contribution in [-0.4, -0.2) is 26.8 Å². The quantitative estimate of drug-likeness (QED) is 0.839. The normalized spacial score (nSPS) is 15.4. The first-order chi connectivity index (χ1) is 8.28. The van der Waals surface area contributed by atoms with Crippen molar-refractivity contribution >= 4 is 9.84 Å². The van der Waals surface area contributed by atoms with Crippen molar-refractivity contribution in [1.82, 2.24) is 5.32 Å². The molecule has 0 radical (unpaired) electrons. The van der Waals surface area contributed by atoms with Crippen molar-refractivity contribution in [2.45, 2.75) is 36.5 Å². The molecule has 0 fully saturated rings. The maximum absolute atomic E-state index is 13.0. The molecule has 3 nitrogen and oxygen atoms in total. The second-order valence-electron chi connectivity index (χ2n) is 4.36. The Morgan fingerprint density at radius 3 is 2.33 bits per heavy atom. The average molecular weight is 277 g/mol. The molecule has 0 heterocycles. The van der Waals surface area contributed by atoms with Gasteiger partial charge in [-0.25, -0.2) is 17.2 Å². The summed E-state index contributed by atoms with van der Waals surface area (Å²) in [6, 6.07) is 2.68. The fourth-order valence-corrected chi connectivity index (χ4v) is 3.16. The topological polar surface area (TPSA) is 46.2 Å². The van der Waals surface area contributed by atoms with E-state index < -0.39 is 26.7 Å². The van der Waals surface area contributed by atoms with Gasteiger partial charge in [0.05, 0.1) is 10.1 Å². The Balaban J connectivity index is 3.02. The Bertz CT molecular complexity index is 517. The van der Waals surface area contributed by atoms with Gasteiger partial charge in [0.25, 0.3) is 0 Å². The summed E-state index contributed by atoms with van der Waals surface area (Å²) in [4.78, 5) is -0.183. The summed E-state index contributed by atoms with van der Waals surface area (Å²) in [5, 5.41) is 2.28. The molecule has 6 heteroatoms. The molecule has 0 saturated heterocycles. The smallest absolute Gasteiger partial charge is 0.181 e. The Kier molecular flexibility index (Phi) is 4.81. The molecule has 0 saturated carbocycles. The van der Waals surface area contributed by atoms with Gasteiger partial charge in [-0.05, 0) is 45.5 Å². The van der Waals surface area contributed by atoms with E-state index >= 15 is 0 Å². The molecule has 102 valence electrons. The van der Waals surface area contributed by atoms with Crippen molar-refractivity contribution in [3.8, 4) is 0 Å². The Hall–Kier alpha value is -1.01. The highest BCUT2D eigenvalue weighted by atomic mass is 32.2. The molecular weight excluding hydrogens is 260 g/mol. The summed E-state index contributed by atoms with van der Waals surface area (Å²) in [7, 11) is -1.89. The van der Waals surface area contributed by atoms with Crippen LogP contribution in [0.2, 0.25) is 0 Å². The highest BCUT2D eigenvalue weighted by Crippen LogP contribution is 2.21. The third-order valence-electron chi connectivity index (χ3n) is 2.93. The molecule has 0 amide bonds. The molecule has 0 aromatic heterocycles. The number of benzene rings is 1. The lowest BCUT2D eigenvalue weighted by molar-refractivity contribution is 0.502. The van der Waals surface area contributed by atoms with Crippen molar-refractivity contribution in [3.63, 3.8) is 0 Å². The summed E-state index contributed by atoms with van der Waals surface area (Å²) in [5.74, 6) is -2.20. The van der Waals surface area contributed by atoms with Gasteiger partial charge in [0.15, 0.2) is 21.5 Å². The zero-order valence-electron chi connectivity index (χ0n) is 10.6. The van der Waals surface area contributed by atoms with Gasteiger partial charge in [0, 0.05) is 6.04 Å². The number of hydrogen-bond acceptors (Lipinski definition) is 3. The maximum Gasteiger partial charge on any atom is 0.181 e. The van der Waals surface area contributed by atoms with E-state index in [9.17, 15) is 17.2 Å². The molecule has 1 aromatic rings. The molecule has 0 spiro atoms. The predicted octanol–water partition coefficient (Wildman–Crippen LogP) is 2.12. The van der Waals surface area contributed by atoms with Crippen LogP contribution >= 0.6 is 0 Å². The van der Waals surface area contributed by atoms with Crippen molar-refractivity contribution in [2.24, 2.45) is 0 Å². The fraction of sp³-hybridized carbons (Fsp3) is 0.500. The third-order valence-corrected chi connectivity index (χ3v) is 5.09. The van der Waals surface area contributed by atoms with Gasteiger partial charge in [-0.3, -0.25) is 0 Å². The first-order valence-electron chi connectivity index (χ1n) is 5.65. The Labute approximate surface area is 106 Å².